The molecule has 0 saturated carbocycles. The van der Waals surface area contributed by atoms with E-state index in [1.807, 2.05) is 32.0 Å². The van der Waals surface area contributed by atoms with Crippen molar-refractivity contribution in [1.82, 2.24) is 10.1 Å². The molecule has 1 amide bonds. The highest BCUT2D eigenvalue weighted by atomic mass is 16.5. The Balaban J connectivity index is 1.99. The maximum atomic E-state index is 12.4. The summed E-state index contributed by atoms with van der Waals surface area (Å²) in [6, 6.07) is 5.59. The normalized spacial score (nSPS) is 10.5. The number of carbonyl (C=O) groups is 1. The summed E-state index contributed by atoms with van der Waals surface area (Å²) in [4.78, 5) is 14.1. The second-order valence-corrected chi connectivity index (χ2v) is 5.73. The zero-order valence-corrected chi connectivity index (χ0v) is 14.9. The van der Waals surface area contributed by atoms with Crippen LogP contribution in [-0.2, 0) is 17.8 Å². The molecule has 0 atom stereocenters. The van der Waals surface area contributed by atoms with Crippen molar-refractivity contribution in [1.29, 1.82) is 0 Å². The Morgan fingerprint density at radius 1 is 1.25 bits per heavy atom. The first-order valence-corrected chi connectivity index (χ1v) is 7.82. The number of benzene rings is 1. The van der Waals surface area contributed by atoms with Crippen LogP contribution >= 0.6 is 0 Å². The largest absolute Gasteiger partial charge is 0.497 e. The predicted octanol–water partition coefficient (Wildman–Crippen LogP) is 2.90. The zero-order valence-electron chi connectivity index (χ0n) is 14.9. The Bertz CT molecular complexity index is 690. The summed E-state index contributed by atoms with van der Waals surface area (Å²) < 4.78 is 15.7. The van der Waals surface area contributed by atoms with Gasteiger partial charge >= 0.3 is 0 Å². The fourth-order valence-electron chi connectivity index (χ4n) is 2.61. The number of rotatable bonds is 7. The van der Waals surface area contributed by atoms with E-state index in [1.54, 1.807) is 26.2 Å². The molecule has 0 fully saturated rings. The molecule has 0 aliphatic heterocycles. The summed E-state index contributed by atoms with van der Waals surface area (Å²) in [5.74, 6) is 2.27. The summed E-state index contributed by atoms with van der Waals surface area (Å²) >= 11 is 0. The van der Waals surface area contributed by atoms with Gasteiger partial charge in [0.05, 0.1) is 19.9 Å². The van der Waals surface area contributed by atoms with Crippen LogP contribution in [0, 0.1) is 13.8 Å². The highest BCUT2D eigenvalue weighted by Gasteiger charge is 2.15. The van der Waals surface area contributed by atoms with E-state index in [-0.39, 0.29) is 5.91 Å². The summed E-state index contributed by atoms with van der Waals surface area (Å²) in [5.41, 5.74) is 2.80. The van der Waals surface area contributed by atoms with Gasteiger partial charge in [-0.3, -0.25) is 4.79 Å². The van der Waals surface area contributed by atoms with Gasteiger partial charge in [-0.1, -0.05) is 5.16 Å². The number of carbonyl (C=O) groups excluding carboxylic acids is 1. The molecule has 0 aliphatic carbocycles. The van der Waals surface area contributed by atoms with E-state index in [0.717, 1.165) is 28.3 Å². The van der Waals surface area contributed by atoms with Crippen LogP contribution in [0.15, 0.2) is 22.7 Å². The van der Waals surface area contributed by atoms with Crippen LogP contribution in [0.5, 0.6) is 11.5 Å². The molecule has 0 aliphatic rings. The molecule has 1 heterocycles. The van der Waals surface area contributed by atoms with E-state index in [0.29, 0.717) is 25.1 Å². The third-order valence-corrected chi connectivity index (χ3v) is 4.10. The van der Waals surface area contributed by atoms with Crippen molar-refractivity contribution in [3.63, 3.8) is 0 Å². The molecule has 130 valence electrons. The molecule has 0 bridgehead atoms. The van der Waals surface area contributed by atoms with Gasteiger partial charge in [0, 0.05) is 37.2 Å². The highest BCUT2D eigenvalue weighted by molar-refractivity contribution is 5.76. The van der Waals surface area contributed by atoms with Gasteiger partial charge in [0.1, 0.15) is 17.3 Å². The molecular weight excluding hydrogens is 308 g/mol. The average molecular weight is 332 g/mol. The maximum absolute atomic E-state index is 12.4. The minimum Gasteiger partial charge on any atom is -0.497 e. The standard InChI is InChI=1S/C18H24N2O4/c1-12-16(13(2)24-19-12)8-9-18(21)20(3)11-14-6-7-15(22-4)10-17(14)23-5/h6-7,10H,8-9,11H2,1-5H3. The van der Waals surface area contributed by atoms with Crippen LogP contribution < -0.4 is 9.47 Å². The van der Waals surface area contributed by atoms with Crippen LogP contribution in [-0.4, -0.2) is 37.2 Å². The molecular formula is C18H24N2O4. The summed E-state index contributed by atoms with van der Waals surface area (Å²) in [6.07, 6.45) is 1.04. The minimum atomic E-state index is 0.0628. The lowest BCUT2D eigenvalue weighted by Gasteiger charge is -2.19. The van der Waals surface area contributed by atoms with Crippen molar-refractivity contribution in [2.24, 2.45) is 0 Å². The SMILES string of the molecule is COc1ccc(CN(C)C(=O)CCc2c(C)noc2C)c(OC)c1. The molecule has 0 N–H and O–H groups in total. The van der Waals surface area contributed by atoms with E-state index in [1.165, 1.54) is 0 Å². The second-order valence-electron chi connectivity index (χ2n) is 5.73. The highest BCUT2D eigenvalue weighted by Crippen LogP contribution is 2.25. The van der Waals surface area contributed by atoms with E-state index in [2.05, 4.69) is 5.16 Å². The van der Waals surface area contributed by atoms with E-state index >= 15 is 0 Å². The molecule has 0 spiro atoms. The first kappa shape index (κ1) is 17.8. The molecule has 24 heavy (non-hydrogen) atoms. The maximum Gasteiger partial charge on any atom is 0.222 e. The molecule has 1 aromatic heterocycles. The van der Waals surface area contributed by atoms with Gasteiger partial charge < -0.3 is 18.9 Å². The molecule has 6 heteroatoms. The van der Waals surface area contributed by atoms with Gasteiger partial charge in [-0.25, -0.2) is 0 Å². The molecule has 0 unspecified atom stereocenters. The quantitative estimate of drug-likeness (QED) is 0.780. The van der Waals surface area contributed by atoms with Gasteiger partial charge in [0.15, 0.2) is 0 Å². The monoisotopic (exact) mass is 332 g/mol. The summed E-state index contributed by atoms with van der Waals surface area (Å²) in [5, 5.41) is 3.92. The number of hydrogen-bond donors (Lipinski definition) is 0. The lowest BCUT2D eigenvalue weighted by molar-refractivity contribution is -0.130. The average Bonchev–Trinajstić information content (AvgIpc) is 2.91. The smallest absolute Gasteiger partial charge is 0.222 e. The Labute approximate surface area is 142 Å². The number of amides is 1. The summed E-state index contributed by atoms with van der Waals surface area (Å²) in [6.45, 7) is 4.24. The van der Waals surface area contributed by atoms with E-state index < -0.39 is 0 Å². The lowest BCUT2D eigenvalue weighted by Crippen LogP contribution is -2.26. The molecule has 0 radical (unpaired) electrons. The van der Waals surface area contributed by atoms with Crippen LogP contribution in [0.2, 0.25) is 0 Å². The molecule has 1 aromatic carbocycles. The first-order chi connectivity index (χ1) is 11.5. The molecule has 2 aromatic rings. The van der Waals surface area contributed by atoms with Crippen molar-refractivity contribution in [2.45, 2.75) is 33.2 Å². The fourth-order valence-corrected chi connectivity index (χ4v) is 2.61. The second kappa shape index (κ2) is 7.86. The number of aromatic nitrogens is 1. The van der Waals surface area contributed by atoms with Gasteiger partial charge in [0.2, 0.25) is 5.91 Å². The van der Waals surface area contributed by atoms with Crippen LogP contribution in [0.1, 0.15) is 29.0 Å². The van der Waals surface area contributed by atoms with Crippen molar-refractivity contribution < 1.29 is 18.8 Å². The lowest BCUT2D eigenvalue weighted by atomic mass is 10.1. The molecule has 2 rings (SSSR count). The van der Waals surface area contributed by atoms with Crippen LogP contribution in [0.3, 0.4) is 0 Å². The first-order valence-electron chi connectivity index (χ1n) is 7.82. The Kier molecular flexibility index (Phi) is 5.84. The molecule has 0 saturated heterocycles. The van der Waals surface area contributed by atoms with Crippen molar-refractivity contribution in [3.05, 3.63) is 40.8 Å². The van der Waals surface area contributed by atoms with Crippen LogP contribution in [0.25, 0.3) is 0 Å². The van der Waals surface area contributed by atoms with Crippen LogP contribution in [0.4, 0.5) is 0 Å². The Hall–Kier alpha value is -2.50. The zero-order chi connectivity index (χ0) is 17.7. The number of aryl methyl sites for hydroxylation is 2. The topological polar surface area (TPSA) is 64.8 Å². The Morgan fingerprint density at radius 3 is 2.58 bits per heavy atom. The van der Waals surface area contributed by atoms with Gasteiger partial charge in [0.25, 0.3) is 0 Å². The van der Waals surface area contributed by atoms with Gasteiger partial charge in [-0.05, 0) is 32.4 Å². The van der Waals surface area contributed by atoms with Gasteiger partial charge in [-0.15, -0.1) is 0 Å². The predicted molar refractivity (Wildman–Crippen MR) is 90.3 cm³/mol. The van der Waals surface area contributed by atoms with Gasteiger partial charge in [-0.2, -0.15) is 0 Å². The third-order valence-electron chi connectivity index (χ3n) is 4.10. The van der Waals surface area contributed by atoms with E-state index in [4.69, 9.17) is 14.0 Å². The number of ether oxygens (including phenoxy) is 2. The minimum absolute atomic E-state index is 0.0628. The third kappa shape index (κ3) is 4.07. The Morgan fingerprint density at radius 2 is 2.00 bits per heavy atom. The van der Waals surface area contributed by atoms with Crippen molar-refractivity contribution in [3.8, 4) is 11.5 Å². The number of nitrogens with zero attached hydrogens (tertiary/aromatic N) is 2. The fraction of sp³-hybridized carbons (Fsp3) is 0.444. The number of methoxy groups -OCH3 is 2. The van der Waals surface area contributed by atoms with Crippen molar-refractivity contribution >= 4 is 5.91 Å². The summed E-state index contributed by atoms with van der Waals surface area (Å²) in [7, 11) is 5.01. The van der Waals surface area contributed by atoms with Crippen molar-refractivity contribution in [2.75, 3.05) is 21.3 Å². The molecule has 6 nitrogen and oxygen atoms in total. The number of hydrogen-bond acceptors (Lipinski definition) is 5. The van der Waals surface area contributed by atoms with E-state index in [9.17, 15) is 4.79 Å².